The van der Waals surface area contributed by atoms with Gasteiger partial charge in [-0.25, -0.2) is 9.97 Å². The second kappa shape index (κ2) is 8.61. The molecule has 0 aliphatic heterocycles. The highest BCUT2D eigenvalue weighted by Crippen LogP contribution is 2.13. The molecule has 100 valence electrons. The third kappa shape index (κ3) is 5.25. The first kappa shape index (κ1) is 14.6. The van der Waals surface area contributed by atoms with E-state index in [0.29, 0.717) is 6.54 Å². The second-order valence-electron chi connectivity index (χ2n) is 4.56. The number of hydrogen-bond donors (Lipinski definition) is 1. The lowest BCUT2D eigenvalue weighted by Gasteiger charge is -2.15. The molecule has 0 radical (unpaired) electrons. The number of amides is 1. The van der Waals surface area contributed by atoms with Crippen molar-refractivity contribution in [3.63, 3.8) is 0 Å². The average Bonchev–Trinajstić information content (AvgIpc) is 2.39. The van der Waals surface area contributed by atoms with Gasteiger partial charge in [0.05, 0.1) is 0 Å². The monoisotopic (exact) mass is 249 g/mol. The van der Waals surface area contributed by atoms with Crippen molar-refractivity contribution < 1.29 is 4.79 Å². The highest BCUT2D eigenvalue weighted by Gasteiger charge is 2.15. The van der Waals surface area contributed by atoms with Gasteiger partial charge in [-0.1, -0.05) is 26.7 Å². The third-order valence-corrected chi connectivity index (χ3v) is 2.97. The van der Waals surface area contributed by atoms with E-state index in [4.69, 9.17) is 0 Å². The quantitative estimate of drug-likeness (QED) is 0.769. The summed E-state index contributed by atoms with van der Waals surface area (Å²) in [6, 6.07) is 0. The molecule has 0 aromatic carbocycles. The zero-order chi connectivity index (χ0) is 13.2. The summed E-state index contributed by atoms with van der Waals surface area (Å²) in [6.45, 7) is 4.91. The number of nitrogens with zero attached hydrogens (tertiary/aromatic N) is 2. The molecule has 4 nitrogen and oxygen atoms in total. The molecule has 0 aliphatic carbocycles. The molecule has 1 heterocycles. The Balaban J connectivity index is 2.30. The fourth-order valence-corrected chi connectivity index (χ4v) is 2.04. The van der Waals surface area contributed by atoms with Gasteiger partial charge in [-0.05, 0) is 24.8 Å². The smallest absolute Gasteiger partial charge is 0.223 e. The van der Waals surface area contributed by atoms with Gasteiger partial charge in [-0.15, -0.1) is 0 Å². The Morgan fingerprint density at radius 2 is 1.83 bits per heavy atom. The molecule has 1 aromatic rings. The normalized spacial score (nSPS) is 10.6. The molecule has 1 aromatic heterocycles. The van der Waals surface area contributed by atoms with E-state index in [1.54, 1.807) is 12.4 Å². The molecule has 1 amide bonds. The lowest BCUT2D eigenvalue weighted by Crippen LogP contribution is -2.32. The molecule has 0 aliphatic rings. The van der Waals surface area contributed by atoms with Gasteiger partial charge in [0.2, 0.25) is 5.91 Å². The lowest BCUT2D eigenvalue weighted by atomic mass is 9.97. The Morgan fingerprint density at radius 1 is 1.22 bits per heavy atom. The van der Waals surface area contributed by atoms with E-state index < -0.39 is 0 Å². The van der Waals surface area contributed by atoms with E-state index >= 15 is 0 Å². The van der Waals surface area contributed by atoms with Gasteiger partial charge < -0.3 is 5.32 Å². The van der Waals surface area contributed by atoms with E-state index in [2.05, 4.69) is 29.1 Å². The first-order valence-corrected chi connectivity index (χ1v) is 6.79. The summed E-state index contributed by atoms with van der Waals surface area (Å²) in [5, 5.41) is 3.01. The van der Waals surface area contributed by atoms with Crippen molar-refractivity contribution in [3.8, 4) is 0 Å². The van der Waals surface area contributed by atoms with Gasteiger partial charge >= 0.3 is 0 Å². The van der Waals surface area contributed by atoms with E-state index in [9.17, 15) is 4.79 Å². The highest BCUT2D eigenvalue weighted by atomic mass is 16.1. The van der Waals surface area contributed by atoms with Gasteiger partial charge in [-0.3, -0.25) is 4.79 Å². The van der Waals surface area contributed by atoms with Crippen LogP contribution in [0.15, 0.2) is 18.7 Å². The molecule has 1 N–H and O–H groups in total. The van der Waals surface area contributed by atoms with Crippen LogP contribution in [0.4, 0.5) is 0 Å². The highest BCUT2D eigenvalue weighted by molar-refractivity contribution is 5.78. The average molecular weight is 249 g/mol. The van der Waals surface area contributed by atoms with Crippen LogP contribution in [0.3, 0.4) is 0 Å². The number of hydrogen-bond acceptors (Lipinski definition) is 3. The Kier molecular flexibility index (Phi) is 6.99. The summed E-state index contributed by atoms with van der Waals surface area (Å²) in [4.78, 5) is 19.9. The number of carbonyl (C=O) groups excluding carboxylic acids is 1. The van der Waals surface area contributed by atoms with Crippen LogP contribution in [0.25, 0.3) is 0 Å². The van der Waals surface area contributed by atoms with Gasteiger partial charge in [0.15, 0.2) is 0 Å². The number of carbonyl (C=O) groups is 1. The lowest BCUT2D eigenvalue weighted by molar-refractivity contribution is -0.125. The summed E-state index contributed by atoms with van der Waals surface area (Å²) in [5.41, 5.74) is 1.06. The van der Waals surface area contributed by atoms with Gasteiger partial charge in [0.25, 0.3) is 0 Å². The second-order valence-corrected chi connectivity index (χ2v) is 4.56. The summed E-state index contributed by atoms with van der Waals surface area (Å²) >= 11 is 0. The van der Waals surface area contributed by atoms with Crippen LogP contribution in [0.1, 0.15) is 45.1 Å². The van der Waals surface area contributed by atoms with Gasteiger partial charge in [0, 0.05) is 24.9 Å². The molecule has 1 rings (SSSR count). The van der Waals surface area contributed by atoms with E-state index in [1.807, 2.05) is 0 Å². The van der Waals surface area contributed by atoms with Crippen LogP contribution in [-0.2, 0) is 11.2 Å². The van der Waals surface area contributed by atoms with Crippen LogP contribution in [-0.4, -0.2) is 22.4 Å². The van der Waals surface area contributed by atoms with Crippen molar-refractivity contribution >= 4 is 5.91 Å². The minimum atomic E-state index is 0.173. The van der Waals surface area contributed by atoms with Gasteiger partial charge in [0.1, 0.15) is 6.33 Å². The Bertz CT molecular complexity index is 334. The minimum absolute atomic E-state index is 0.173. The molecule has 0 atom stereocenters. The first-order valence-electron chi connectivity index (χ1n) is 6.79. The summed E-state index contributed by atoms with van der Waals surface area (Å²) in [5.74, 6) is 0.363. The molecule has 0 unspecified atom stereocenters. The predicted molar refractivity (Wildman–Crippen MR) is 72.1 cm³/mol. The zero-order valence-electron chi connectivity index (χ0n) is 11.4. The van der Waals surface area contributed by atoms with Gasteiger partial charge in [-0.2, -0.15) is 0 Å². The Morgan fingerprint density at radius 3 is 2.39 bits per heavy atom. The maximum Gasteiger partial charge on any atom is 0.223 e. The largest absolute Gasteiger partial charge is 0.356 e. The molecular weight excluding hydrogens is 226 g/mol. The molecule has 0 bridgehead atoms. The van der Waals surface area contributed by atoms with E-state index in [0.717, 1.165) is 37.7 Å². The molecule has 18 heavy (non-hydrogen) atoms. The Labute approximate surface area is 109 Å². The summed E-state index contributed by atoms with van der Waals surface area (Å²) < 4.78 is 0. The molecule has 0 fully saturated rings. The fraction of sp³-hybridized carbons (Fsp3) is 0.643. The standard InChI is InChI=1S/C14H23N3O/c1-3-5-13(6-4-2)14(18)17-8-7-12-9-15-11-16-10-12/h9-11,13H,3-8H2,1-2H3,(H,17,18). The Hall–Kier alpha value is -1.45. The fourth-order valence-electron chi connectivity index (χ4n) is 2.04. The van der Waals surface area contributed by atoms with Crippen molar-refractivity contribution in [2.75, 3.05) is 6.54 Å². The van der Waals surface area contributed by atoms with Crippen molar-refractivity contribution in [3.05, 3.63) is 24.3 Å². The predicted octanol–water partition coefficient (Wildman–Crippen LogP) is 2.35. The molecule has 0 saturated carbocycles. The first-order chi connectivity index (χ1) is 8.77. The van der Waals surface area contributed by atoms with Crippen LogP contribution >= 0.6 is 0 Å². The number of aromatic nitrogens is 2. The van der Waals surface area contributed by atoms with E-state index in [1.165, 1.54) is 6.33 Å². The van der Waals surface area contributed by atoms with Crippen molar-refractivity contribution in [2.24, 2.45) is 5.92 Å². The maximum atomic E-state index is 12.0. The van der Waals surface area contributed by atoms with Crippen LogP contribution < -0.4 is 5.32 Å². The number of rotatable bonds is 8. The van der Waals surface area contributed by atoms with Crippen molar-refractivity contribution in [2.45, 2.75) is 46.0 Å². The third-order valence-electron chi connectivity index (χ3n) is 2.97. The topological polar surface area (TPSA) is 54.9 Å². The summed E-state index contributed by atoms with van der Waals surface area (Å²) in [7, 11) is 0. The molecule has 0 saturated heterocycles. The summed E-state index contributed by atoms with van der Waals surface area (Å²) in [6.07, 6.45) is 9.96. The molecule has 4 heteroatoms. The van der Waals surface area contributed by atoms with Crippen LogP contribution in [0.2, 0.25) is 0 Å². The zero-order valence-corrected chi connectivity index (χ0v) is 11.4. The van der Waals surface area contributed by atoms with Crippen molar-refractivity contribution in [1.82, 2.24) is 15.3 Å². The molecule has 0 spiro atoms. The number of nitrogens with one attached hydrogen (secondary N) is 1. The van der Waals surface area contributed by atoms with Crippen LogP contribution in [0, 0.1) is 5.92 Å². The van der Waals surface area contributed by atoms with E-state index in [-0.39, 0.29) is 11.8 Å². The SMILES string of the molecule is CCCC(CCC)C(=O)NCCc1cncnc1. The molecular formula is C14H23N3O. The minimum Gasteiger partial charge on any atom is -0.356 e. The maximum absolute atomic E-state index is 12.0. The van der Waals surface area contributed by atoms with Crippen LogP contribution in [0.5, 0.6) is 0 Å². The van der Waals surface area contributed by atoms with Crippen molar-refractivity contribution in [1.29, 1.82) is 0 Å².